The Morgan fingerprint density at radius 2 is 2.06 bits per heavy atom. The van der Waals surface area contributed by atoms with Crippen molar-refractivity contribution in [2.75, 3.05) is 13.1 Å². The number of carbonyl (C=O) groups is 1. The van der Waals surface area contributed by atoms with Crippen molar-refractivity contribution < 1.29 is 9.53 Å². The molecule has 1 amide bonds. The van der Waals surface area contributed by atoms with E-state index >= 15 is 0 Å². The molecule has 0 spiro atoms. The fourth-order valence-electron chi connectivity index (χ4n) is 2.09. The van der Waals surface area contributed by atoms with Crippen LogP contribution in [0.1, 0.15) is 32.6 Å². The number of likely N-dealkylation sites (tertiary alicyclic amines) is 1. The normalized spacial score (nSPS) is 16.6. The van der Waals surface area contributed by atoms with Crippen molar-refractivity contribution in [3.8, 4) is 6.01 Å². The van der Waals surface area contributed by atoms with E-state index in [1.165, 1.54) is 0 Å². The van der Waals surface area contributed by atoms with Gasteiger partial charge in [-0.2, -0.15) is 0 Å². The van der Waals surface area contributed by atoms with E-state index in [4.69, 9.17) is 4.74 Å². The summed E-state index contributed by atoms with van der Waals surface area (Å²) in [6, 6.07) is 2.19. The average Bonchev–Trinajstić information content (AvgIpc) is 2.41. The molecule has 1 saturated heterocycles. The molecule has 0 saturated carbocycles. The molecule has 1 aliphatic heterocycles. The van der Waals surface area contributed by atoms with Crippen molar-refractivity contribution >= 4 is 5.91 Å². The minimum absolute atomic E-state index is 0.123. The molecule has 18 heavy (non-hydrogen) atoms. The van der Waals surface area contributed by atoms with E-state index < -0.39 is 0 Å². The highest BCUT2D eigenvalue weighted by atomic mass is 16.5. The number of hydrogen-bond acceptors (Lipinski definition) is 4. The van der Waals surface area contributed by atoms with Gasteiger partial charge in [0.2, 0.25) is 5.91 Å². The maximum atomic E-state index is 11.7. The van der Waals surface area contributed by atoms with E-state index in [-0.39, 0.29) is 12.0 Å². The van der Waals surface area contributed by atoms with Gasteiger partial charge in [-0.05, 0) is 12.5 Å². The standard InChI is InChI=1S/C13H19N3O2/c1-2-4-12(17)16-9-5-11(6-10-16)18-13-14-7-3-8-15-13/h3,7-8,11H,2,4-6,9-10H2,1H3. The summed E-state index contributed by atoms with van der Waals surface area (Å²) in [5, 5.41) is 0. The van der Waals surface area contributed by atoms with Crippen molar-refractivity contribution in [1.29, 1.82) is 0 Å². The van der Waals surface area contributed by atoms with Crippen LogP contribution in [-0.2, 0) is 4.79 Å². The molecule has 2 rings (SSSR count). The number of ether oxygens (including phenoxy) is 1. The third kappa shape index (κ3) is 3.42. The van der Waals surface area contributed by atoms with Crippen molar-refractivity contribution in [2.24, 2.45) is 0 Å². The lowest BCUT2D eigenvalue weighted by Gasteiger charge is -2.31. The third-order valence-electron chi connectivity index (χ3n) is 3.07. The molecule has 0 radical (unpaired) electrons. The van der Waals surface area contributed by atoms with Crippen molar-refractivity contribution in [3.63, 3.8) is 0 Å². The van der Waals surface area contributed by atoms with Gasteiger partial charge in [0.25, 0.3) is 0 Å². The first kappa shape index (κ1) is 12.8. The Bertz CT molecular complexity index is 375. The zero-order valence-electron chi connectivity index (χ0n) is 10.7. The molecule has 5 nitrogen and oxygen atoms in total. The molecule has 2 heterocycles. The van der Waals surface area contributed by atoms with Crippen LogP contribution in [0.2, 0.25) is 0 Å². The van der Waals surface area contributed by atoms with Gasteiger partial charge in [-0.25, -0.2) is 9.97 Å². The lowest BCUT2D eigenvalue weighted by molar-refractivity contribution is -0.133. The van der Waals surface area contributed by atoms with Gasteiger partial charge in [-0.3, -0.25) is 4.79 Å². The molecule has 1 fully saturated rings. The summed E-state index contributed by atoms with van der Waals surface area (Å²) in [7, 11) is 0. The van der Waals surface area contributed by atoms with Crippen LogP contribution in [0.25, 0.3) is 0 Å². The van der Waals surface area contributed by atoms with E-state index in [0.29, 0.717) is 12.4 Å². The van der Waals surface area contributed by atoms with Gasteiger partial charge in [-0.15, -0.1) is 0 Å². The van der Waals surface area contributed by atoms with Gasteiger partial charge in [-0.1, -0.05) is 6.92 Å². The van der Waals surface area contributed by atoms with E-state index in [2.05, 4.69) is 9.97 Å². The molecule has 0 aromatic carbocycles. The minimum atomic E-state index is 0.123. The van der Waals surface area contributed by atoms with Crippen LogP contribution in [0.15, 0.2) is 18.5 Å². The number of aromatic nitrogens is 2. The van der Waals surface area contributed by atoms with Crippen LogP contribution in [0.4, 0.5) is 0 Å². The van der Waals surface area contributed by atoms with Gasteiger partial charge in [0.15, 0.2) is 0 Å². The number of amides is 1. The molecule has 1 aliphatic rings. The van der Waals surface area contributed by atoms with Gasteiger partial charge >= 0.3 is 6.01 Å². The van der Waals surface area contributed by atoms with Crippen LogP contribution >= 0.6 is 0 Å². The predicted molar refractivity (Wildman–Crippen MR) is 67.2 cm³/mol. The smallest absolute Gasteiger partial charge is 0.316 e. The molecule has 1 aromatic rings. The second-order valence-electron chi connectivity index (χ2n) is 4.48. The Labute approximate surface area is 107 Å². The summed E-state index contributed by atoms with van der Waals surface area (Å²) in [6.45, 7) is 3.58. The summed E-state index contributed by atoms with van der Waals surface area (Å²) in [4.78, 5) is 21.7. The Balaban J connectivity index is 1.78. The molecule has 0 aliphatic carbocycles. The summed E-state index contributed by atoms with van der Waals surface area (Å²) in [5.74, 6) is 0.256. The van der Waals surface area contributed by atoms with Crippen molar-refractivity contribution in [3.05, 3.63) is 18.5 Å². The lowest BCUT2D eigenvalue weighted by atomic mass is 10.1. The number of nitrogens with zero attached hydrogens (tertiary/aromatic N) is 3. The Kier molecular flexibility index (Phi) is 4.50. The summed E-state index contributed by atoms with van der Waals surface area (Å²) >= 11 is 0. The van der Waals surface area contributed by atoms with E-state index in [9.17, 15) is 4.79 Å². The fourth-order valence-corrected chi connectivity index (χ4v) is 2.09. The predicted octanol–water partition coefficient (Wildman–Crippen LogP) is 1.65. The maximum Gasteiger partial charge on any atom is 0.316 e. The highest BCUT2D eigenvalue weighted by Crippen LogP contribution is 2.16. The monoisotopic (exact) mass is 249 g/mol. The number of rotatable bonds is 4. The van der Waals surface area contributed by atoms with Crippen LogP contribution in [0, 0.1) is 0 Å². The molecule has 5 heteroatoms. The van der Waals surface area contributed by atoms with Crippen molar-refractivity contribution in [1.82, 2.24) is 14.9 Å². The third-order valence-corrected chi connectivity index (χ3v) is 3.07. The number of hydrogen-bond donors (Lipinski definition) is 0. The molecule has 0 N–H and O–H groups in total. The largest absolute Gasteiger partial charge is 0.460 e. The zero-order chi connectivity index (χ0) is 12.8. The summed E-state index contributed by atoms with van der Waals surface area (Å²) < 4.78 is 5.68. The van der Waals surface area contributed by atoms with Crippen LogP contribution in [0.3, 0.4) is 0 Å². The second-order valence-corrected chi connectivity index (χ2v) is 4.48. The maximum absolute atomic E-state index is 11.7. The van der Waals surface area contributed by atoms with Crippen LogP contribution < -0.4 is 4.74 Å². The number of carbonyl (C=O) groups excluding carboxylic acids is 1. The molecule has 1 aromatic heterocycles. The van der Waals surface area contributed by atoms with Gasteiger partial charge in [0.05, 0.1) is 0 Å². The first-order chi connectivity index (χ1) is 8.79. The summed E-state index contributed by atoms with van der Waals surface area (Å²) in [6.07, 6.45) is 6.73. The van der Waals surface area contributed by atoms with Crippen molar-refractivity contribution in [2.45, 2.75) is 38.7 Å². The summed E-state index contributed by atoms with van der Waals surface area (Å²) in [5.41, 5.74) is 0. The molecular formula is C13H19N3O2. The van der Waals surface area contributed by atoms with Gasteiger partial charge in [0, 0.05) is 44.7 Å². The Hall–Kier alpha value is -1.65. The first-order valence-electron chi connectivity index (χ1n) is 6.51. The molecule has 0 atom stereocenters. The quantitative estimate of drug-likeness (QED) is 0.814. The molecular weight excluding hydrogens is 230 g/mol. The SMILES string of the molecule is CCCC(=O)N1CCC(Oc2ncccn2)CC1. The zero-order valence-corrected chi connectivity index (χ0v) is 10.7. The lowest BCUT2D eigenvalue weighted by Crippen LogP contribution is -2.41. The van der Waals surface area contributed by atoms with Crippen LogP contribution in [-0.4, -0.2) is 40.0 Å². The fraction of sp³-hybridized carbons (Fsp3) is 0.615. The van der Waals surface area contributed by atoms with E-state index in [0.717, 1.165) is 32.4 Å². The average molecular weight is 249 g/mol. The van der Waals surface area contributed by atoms with E-state index in [1.807, 2.05) is 11.8 Å². The van der Waals surface area contributed by atoms with E-state index in [1.54, 1.807) is 18.5 Å². The van der Waals surface area contributed by atoms with Crippen LogP contribution in [0.5, 0.6) is 6.01 Å². The molecule has 0 bridgehead atoms. The Morgan fingerprint density at radius 3 is 2.67 bits per heavy atom. The minimum Gasteiger partial charge on any atom is -0.460 e. The van der Waals surface area contributed by atoms with Gasteiger partial charge in [0.1, 0.15) is 6.10 Å². The molecule has 0 unspecified atom stereocenters. The highest BCUT2D eigenvalue weighted by Gasteiger charge is 2.23. The number of piperidine rings is 1. The molecule has 98 valence electrons. The first-order valence-corrected chi connectivity index (χ1v) is 6.51. The highest BCUT2D eigenvalue weighted by molar-refractivity contribution is 5.76. The van der Waals surface area contributed by atoms with Gasteiger partial charge < -0.3 is 9.64 Å². The second kappa shape index (κ2) is 6.33. The topological polar surface area (TPSA) is 55.3 Å². The Morgan fingerprint density at radius 1 is 1.39 bits per heavy atom.